The van der Waals surface area contributed by atoms with Gasteiger partial charge in [-0.1, -0.05) is 19.8 Å². The molecule has 1 fully saturated rings. The Bertz CT molecular complexity index is 339. The molecule has 0 saturated heterocycles. The van der Waals surface area contributed by atoms with Crippen LogP contribution in [-0.4, -0.2) is 9.78 Å². The number of hydrogen-bond acceptors (Lipinski definition) is 3. The van der Waals surface area contributed by atoms with Crippen LogP contribution in [0.1, 0.15) is 50.8 Å². The number of nitrogens with one attached hydrogen (secondary N) is 1. The lowest BCUT2D eigenvalue weighted by Crippen LogP contribution is -2.40. The largest absolute Gasteiger partial charge is 0.275 e. The van der Waals surface area contributed by atoms with Crippen molar-refractivity contribution in [1.29, 1.82) is 0 Å². The van der Waals surface area contributed by atoms with E-state index in [0.717, 1.165) is 5.69 Å². The van der Waals surface area contributed by atoms with Crippen LogP contribution < -0.4 is 11.3 Å². The molecule has 1 aromatic rings. The summed E-state index contributed by atoms with van der Waals surface area (Å²) in [5, 5.41) is 4.49. The predicted molar refractivity (Wildman–Crippen MR) is 64.5 cm³/mol. The molecular formula is C12H22N4. The Morgan fingerprint density at radius 2 is 2.25 bits per heavy atom. The van der Waals surface area contributed by atoms with E-state index in [1.165, 1.54) is 32.1 Å². The van der Waals surface area contributed by atoms with Crippen LogP contribution in [0, 0.1) is 5.41 Å². The lowest BCUT2D eigenvalue weighted by Gasteiger charge is -2.35. The molecule has 0 aliphatic heterocycles. The summed E-state index contributed by atoms with van der Waals surface area (Å²) >= 11 is 0. The van der Waals surface area contributed by atoms with Crippen molar-refractivity contribution in [2.45, 2.75) is 45.1 Å². The predicted octanol–water partition coefficient (Wildman–Crippen LogP) is 1.89. The first kappa shape index (κ1) is 11.6. The summed E-state index contributed by atoms with van der Waals surface area (Å²) in [6.45, 7) is 2.26. The van der Waals surface area contributed by atoms with Crippen molar-refractivity contribution in [3.8, 4) is 0 Å². The molecule has 1 aromatic heterocycles. The fourth-order valence-electron chi connectivity index (χ4n) is 3.09. The Morgan fingerprint density at radius 3 is 2.69 bits per heavy atom. The van der Waals surface area contributed by atoms with Crippen molar-refractivity contribution in [3.63, 3.8) is 0 Å². The third-order valence-electron chi connectivity index (χ3n) is 4.11. The number of aryl methyl sites for hydroxylation is 1. The maximum absolute atomic E-state index is 5.76. The van der Waals surface area contributed by atoms with E-state index in [1.807, 2.05) is 17.9 Å². The lowest BCUT2D eigenvalue weighted by molar-refractivity contribution is 0.184. The summed E-state index contributed by atoms with van der Waals surface area (Å²) in [5.74, 6) is 5.76. The highest BCUT2D eigenvalue weighted by Gasteiger charge is 2.41. The first-order chi connectivity index (χ1) is 7.72. The molecule has 1 atom stereocenters. The van der Waals surface area contributed by atoms with Crippen molar-refractivity contribution in [3.05, 3.63) is 18.0 Å². The van der Waals surface area contributed by atoms with E-state index in [9.17, 15) is 0 Å². The monoisotopic (exact) mass is 222 g/mol. The molecule has 1 saturated carbocycles. The molecule has 1 heterocycles. The van der Waals surface area contributed by atoms with Gasteiger partial charge in [0.2, 0.25) is 0 Å². The van der Waals surface area contributed by atoms with Crippen LogP contribution in [0.25, 0.3) is 0 Å². The molecule has 0 bridgehead atoms. The van der Waals surface area contributed by atoms with Crippen molar-refractivity contribution in [1.82, 2.24) is 15.2 Å². The number of nitrogens with two attached hydrogens (primary N) is 1. The Morgan fingerprint density at radius 1 is 1.56 bits per heavy atom. The van der Waals surface area contributed by atoms with Gasteiger partial charge in [-0.05, 0) is 30.7 Å². The summed E-state index contributed by atoms with van der Waals surface area (Å²) in [4.78, 5) is 0. The third kappa shape index (κ3) is 1.87. The second-order valence-electron chi connectivity index (χ2n) is 4.94. The van der Waals surface area contributed by atoms with Crippen molar-refractivity contribution in [2.75, 3.05) is 0 Å². The quantitative estimate of drug-likeness (QED) is 0.604. The minimum absolute atomic E-state index is 0.196. The Balaban J connectivity index is 2.27. The summed E-state index contributed by atoms with van der Waals surface area (Å²) in [6, 6.07) is 2.27. The molecule has 90 valence electrons. The van der Waals surface area contributed by atoms with Crippen molar-refractivity contribution >= 4 is 0 Å². The van der Waals surface area contributed by atoms with Crippen LogP contribution in [0.15, 0.2) is 12.3 Å². The first-order valence-electron chi connectivity index (χ1n) is 6.17. The van der Waals surface area contributed by atoms with Gasteiger partial charge in [-0.2, -0.15) is 5.10 Å². The zero-order valence-corrected chi connectivity index (χ0v) is 10.2. The van der Waals surface area contributed by atoms with E-state index in [0.29, 0.717) is 5.41 Å². The van der Waals surface area contributed by atoms with Gasteiger partial charge in [0.1, 0.15) is 0 Å². The zero-order chi connectivity index (χ0) is 11.6. The van der Waals surface area contributed by atoms with Crippen molar-refractivity contribution < 1.29 is 0 Å². The highest BCUT2D eigenvalue weighted by atomic mass is 15.3. The molecule has 1 unspecified atom stereocenters. The average Bonchev–Trinajstić information content (AvgIpc) is 2.90. The Labute approximate surface area is 97.2 Å². The van der Waals surface area contributed by atoms with Gasteiger partial charge in [-0.25, -0.2) is 0 Å². The van der Waals surface area contributed by atoms with Crippen LogP contribution in [0.2, 0.25) is 0 Å². The molecule has 4 nitrogen and oxygen atoms in total. The van der Waals surface area contributed by atoms with Gasteiger partial charge in [0.15, 0.2) is 0 Å². The number of rotatable bonds is 4. The molecule has 1 aliphatic rings. The normalized spacial score (nSPS) is 21.2. The van der Waals surface area contributed by atoms with Gasteiger partial charge in [-0.3, -0.25) is 16.0 Å². The fraction of sp³-hybridized carbons (Fsp3) is 0.750. The van der Waals surface area contributed by atoms with E-state index in [2.05, 4.69) is 23.5 Å². The number of aromatic nitrogens is 2. The van der Waals surface area contributed by atoms with Gasteiger partial charge in [0.05, 0.1) is 11.7 Å². The maximum atomic E-state index is 5.76. The number of hydrazine groups is 1. The molecule has 4 heteroatoms. The van der Waals surface area contributed by atoms with Crippen LogP contribution in [0.3, 0.4) is 0 Å². The van der Waals surface area contributed by atoms with Crippen LogP contribution in [0.4, 0.5) is 0 Å². The Hall–Kier alpha value is -0.870. The molecule has 16 heavy (non-hydrogen) atoms. The van der Waals surface area contributed by atoms with Gasteiger partial charge in [-0.15, -0.1) is 0 Å². The van der Waals surface area contributed by atoms with E-state index < -0.39 is 0 Å². The molecule has 2 rings (SSSR count). The second kappa shape index (κ2) is 4.55. The van der Waals surface area contributed by atoms with Crippen LogP contribution in [0.5, 0.6) is 0 Å². The summed E-state index contributed by atoms with van der Waals surface area (Å²) in [6.07, 6.45) is 8.30. The van der Waals surface area contributed by atoms with Gasteiger partial charge in [0, 0.05) is 13.2 Å². The summed E-state index contributed by atoms with van der Waals surface area (Å²) in [5.41, 5.74) is 4.38. The van der Waals surface area contributed by atoms with E-state index in [4.69, 9.17) is 5.84 Å². The SMILES string of the molecule is CCC1(C(NN)c2ccn(C)n2)CCCC1. The third-order valence-corrected chi connectivity index (χ3v) is 4.11. The van der Waals surface area contributed by atoms with E-state index in [-0.39, 0.29) is 6.04 Å². The van der Waals surface area contributed by atoms with Gasteiger partial charge >= 0.3 is 0 Å². The van der Waals surface area contributed by atoms with Crippen LogP contribution in [-0.2, 0) is 7.05 Å². The van der Waals surface area contributed by atoms with Crippen LogP contribution >= 0.6 is 0 Å². The number of nitrogens with zero attached hydrogens (tertiary/aromatic N) is 2. The molecule has 0 spiro atoms. The van der Waals surface area contributed by atoms with Crippen molar-refractivity contribution in [2.24, 2.45) is 18.3 Å². The molecular weight excluding hydrogens is 200 g/mol. The summed E-state index contributed by atoms with van der Waals surface area (Å²) in [7, 11) is 1.95. The average molecular weight is 222 g/mol. The molecule has 0 aromatic carbocycles. The molecule has 1 aliphatic carbocycles. The number of hydrogen-bond donors (Lipinski definition) is 2. The maximum Gasteiger partial charge on any atom is 0.0813 e. The van der Waals surface area contributed by atoms with E-state index in [1.54, 1.807) is 0 Å². The zero-order valence-electron chi connectivity index (χ0n) is 10.2. The second-order valence-corrected chi connectivity index (χ2v) is 4.94. The van der Waals surface area contributed by atoms with E-state index >= 15 is 0 Å². The molecule has 3 N–H and O–H groups in total. The lowest BCUT2D eigenvalue weighted by atomic mass is 9.75. The van der Waals surface area contributed by atoms with Gasteiger partial charge in [0.25, 0.3) is 0 Å². The minimum Gasteiger partial charge on any atom is -0.275 e. The molecule has 0 amide bonds. The highest BCUT2D eigenvalue weighted by molar-refractivity contribution is 5.11. The first-order valence-corrected chi connectivity index (χ1v) is 6.17. The fourth-order valence-corrected chi connectivity index (χ4v) is 3.09. The summed E-state index contributed by atoms with van der Waals surface area (Å²) < 4.78 is 1.85. The Kier molecular flexibility index (Phi) is 3.30. The standard InChI is InChI=1S/C12H22N4/c1-3-12(7-4-5-8-12)11(14-13)10-6-9-16(2)15-10/h6,9,11,14H,3-5,7-8,13H2,1-2H3. The molecule has 0 radical (unpaired) electrons. The van der Waals surface area contributed by atoms with Gasteiger partial charge < -0.3 is 0 Å². The minimum atomic E-state index is 0.196. The topological polar surface area (TPSA) is 55.9 Å². The highest BCUT2D eigenvalue weighted by Crippen LogP contribution is 2.49. The smallest absolute Gasteiger partial charge is 0.0813 e.